The maximum absolute atomic E-state index is 13.0. The Morgan fingerprint density at radius 2 is 1.89 bits per heavy atom. The average molecular weight is 359 g/mol. The zero-order valence-electron chi connectivity index (χ0n) is 14.7. The Morgan fingerprint density at radius 3 is 2.63 bits per heavy atom. The van der Waals surface area contributed by atoms with Crippen LogP contribution in [-0.2, 0) is 6.54 Å². The standard InChI is InChI=1S/C21H17N3O3/c1-15-22-10-9-19(23-15)16-5-2-6-17(13-16)24(14-18-7-3-11-26-18)21(25)20-8-4-12-27-20/h2-13H,14H2,1H3. The molecule has 6 nitrogen and oxygen atoms in total. The number of rotatable bonds is 5. The van der Waals surface area contributed by atoms with Gasteiger partial charge in [-0.3, -0.25) is 9.69 Å². The lowest BCUT2D eigenvalue weighted by Crippen LogP contribution is -2.30. The van der Waals surface area contributed by atoms with Crippen molar-refractivity contribution in [3.05, 3.63) is 90.7 Å². The van der Waals surface area contributed by atoms with Gasteiger partial charge in [0.15, 0.2) is 5.76 Å². The molecule has 0 saturated heterocycles. The van der Waals surface area contributed by atoms with Crippen LogP contribution in [0.3, 0.4) is 0 Å². The molecule has 0 N–H and O–H groups in total. The van der Waals surface area contributed by atoms with Gasteiger partial charge in [0.05, 0.1) is 24.8 Å². The summed E-state index contributed by atoms with van der Waals surface area (Å²) in [6.45, 7) is 2.13. The molecular weight excluding hydrogens is 342 g/mol. The van der Waals surface area contributed by atoms with Gasteiger partial charge in [-0.1, -0.05) is 12.1 Å². The van der Waals surface area contributed by atoms with E-state index < -0.39 is 0 Å². The second-order valence-corrected chi connectivity index (χ2v) is 5.99. The summed E-state index contributed by atoms with van der Waals surface area (Å²) in [6.07, 6.45) is 4.79. The summed E-state index contributed by atoms with van der Waals surface area (Å²) in [7, 11) is 0. The van der Waals surface area contributed by atoms with E-state index in [2.05, 4.69) is 9.97 Å². The Hall–Kier alpha value is -3.67. The maximum atomic E-state index is 13.0. The molecule has 0 radical (unpaired) electrons. The van der Waals surface area contributed by atoms with Gasteiger partial charge in [0.2, 0.25) is 0 Å². The highest BCUT2D eigenvalue weighted by Crippen LogP contribution is 2.26. The van der Waals surface area contributed by atoms with Crippen LogP contribution in [0.2, 0.25) is 0 Å². The minimum atomic E-state index is -0.243. The number of hydrogen-bond acceptors (Lipinski definition) is 5. The topological polar surface area (TPSA) is 72.4 Å². The van der Waals surface area contributed by atoms with Crippen LogP contribution >= 0.6 is 0 Å². The number of furan rings is 2. The van der Waals surface area contributed by atoms with E-state index in [1.807, 2.05) is 43.3 Å². The van der Waals surface area contributed by atoms with E-state index in [1.54, 1.807) is 35.6 Å². The maximum Gasteiger partial charge on any atom is 0.294 e. The number of amides is 1. The molecule has 1 aromatic carbocycles. The van der Waals surface area contributed by atoms with Crippen LogP contribution in [-0.4, -0.2) is 15.9 Å². The Labute approximate surface area is 156 Å². The van der Waals surface area contributed by atoms with E-state index in [9.17, 15) is 4.79 Å². The number of carbonyl (C=O) groups is 1. The third-order valence-corrected chi connectivity index (χ3v) is 4.10. The number of aryl methyl sites for hydroxylation is 1. The molecular formula is C21H17N3O3. The van der Waals surface area contributed by atoms with E-state index in [1.165, 1.54) is 6.26 Å². The lowest BCUT2D eigenvalue weighted by atomic mass is 10.1. The zero-order valence-corrected chi connectivity index (χ0v) is 14.7. The Bertz CT molecular complexity index is 1040. The quantitative estimate of drug-likeness (QED) is 0.525. The van der Waals surface area contributed by atoms with Crippen LogP contribution in [0.25, 0.3) is 11.3 Å². The fraction of sp³-hybridized carbons (Fsp3) is 0.0952. The van der Waals surface area contributed by atoms with Crippen LogP contribution in [0.4, 0.5) is 5.69 Å². The van der Waals surface area contributed by atoms with E-state index in [0.29, 0.717) is 18.1 Å². The highest BCUT2D eigenvalue weighted by Gasteiger charge is 2.22. The molecule has 27 heavy (non-hydrogen) atoms. The van der Waals surface area contributed by atoms with Gasteiger partial charge in [0, 0.05) is 17.4 Å². The molecule has 0 unspecified atom stereocenters. The molecule has 0 saturated carbocycles. The number of benzene rings is 1. The molecule has 4 rings (SSSR count). The summed E-state index contributed by atoms with van der Waals surface area (Å²) in [5.74, 6) is 1.40. The first-order valence-corrected chi connectivity index (χ1v) is 8.48. The number of anilines is 1. The third-order valence-electron chi connectivity index (χ3n) is 4.10. The molecule has 3 heterocycles. The predicted octanol–water partition coefficient (Wildman–Crippen LogP) is 4.49. The van der Waals surface area contributed by atoms with E-state index >= 15 is 0 Å². The molecule has 3 aromatic heterocycles. The Morgan fingerprint density at radius 1 is 1.04 bits per heavy atom. The third kappa shape index (κ3) is 3.64. The molecule has 0 aliphatic rings. The zero-order chi connectivity index (χ0) is 18.6. The second-order valence-electron chi connectivity index (χ2n) is 5.99. The van der Waals surface area contributed by atoms with Gasteiger partial charge >= 0.3 is 0 Å². The molecule has 6 heteroatoms. The summed E-state index contributed by atoms with van der Waals surface area (Å²) < 4.78 is 10.7. The highest BCUT2D eigenvalue weighted by atomic mass is 16.3. The van der Waals surface area contributed by atoms with Crippen LogP contribution in [0.5, 0.6) is 0 Å². The van der Waals surface area contributed by atoms with Crippen molar-refractivity contribution in [2.24, 2.45) is 0 Å². The van der Waals surface area contributed by atoms with Crippen LogP contribution in [0.1, 0.15) is 22.1 Å². The van der Waals surface area contributed by atoms with Crippen molar-refractivity contribution in [1.82, 2.24) is 9.97 Å². The van der Waals surface area contributed by atoms with Gasteiger partial charge in [-0.2, -0.15) is 0 Å². The van der Waals surface area contributed by atoms with Crippen LogP contribution in [0, 0.1) is 6.92 Å². The fourth-order valence-electron chi connectivity index (χ4n) is 2.82. The normalized spacial score (nSPS) is 10.7. The molecule has 0 aliphatic heterocycles. The molecule has 0 spiro atoms. The molecule has 0 fully saturated rings. The molecule has 0 atom stereocenters. The summed E-state index contributed by atoms with van der Waals surface area (Å²) in [5.41, 5.74) is 2.42. The van der Waals surface area contributed by atoms with E-state index in [-0.39, 0.29) is 11.7 Å². The Kier molecular flexibility index (Phi) is 4.53. The van der Waals surface area contributed by atoms with Gasteiger partial charge in [0.1, 0.15) is 11.6 Å². The fourth-order valence-corrected chi connectivity index (χ4v) is 2.82. The van der Waals surface area contributed by atoms with Crippen molar-refractivity contribution in [1.29, 1.82) is 0 Å². The molecule has 134 valence electrons. The van der Waals surface area contributed by atoms with Crippen LogP contribution < -0.4 is 4.90 Å². The van der Waals surface area contributed by atoms with Gasteiger partial charge in [-0.15, -0.1) is 0 Å². The molecule has 0 aliphatic carbocycles. The number of aromatic nitrogens is 2. The summed E-state index contributed by atoms with van der Waals surface area (Å²) >= 11 is 0. The Balaban J connectivity index is 1.73. The second kappa shape index (κ2) is 7.29. The van der Waals surface area contributed by atoms with Crippen molar-refractivity contribution >= 4 is 11.6 Å². The van der Waals surface area contributed by atoms with Crippen molar-refractivity contribution < 1.29 is 13.6 Å². The minimum Gasteiger partial charge on any atom is -0.467 e. The number of carbonyl (C=O) groups excluding carboxylic acids is 1. The van der Waals surface area contributed by atoms with Gasteiger partial charge in [0.25, 0.3) is 5.91 Å². The van der Waals surface area contributed by atoms with E-state index in [0.717, 1.165) is 16.9 Å². The van der Waals surface area contributed by atoms with Gasteiger partial charge < -0.3 is 8.83 Å². The first-order chi connectivity index (χ1) is 13.2. The average Bonchev–Trinajstić information content (AvgIpc) is 3.40. The summed E-state index contributed by atoms with van der Waals surface area (Å²) in [6, 6.07) is 16.5. The molecule has 1 amide bonds. The lowest BCUT2D eigenvalue weighted by Gasteiger charge is -2.21. The lowest BCUT2D eigenvalue weighted by molar-refractivity contribution is 0.0956. The summed E-state index contributed by atoms with van der Waals surface area (Å²) in [5, 5.41) is 0. The first kappa shape index (κ1) is 16.8. The highest BCUT2D eigenvalue weighted by molar-refractivity contribution is 6.04. The monoisotopic (exact) mass is 359 g/mol. The van der Waals surface area contributed by atoms with Crippen molar-refractivity contribution in [3.8, 4) is 11.3 Å². The van der Waals surface area contributed by atoms with Crippen molar-refractivity contribution in [3.63, 3.8) is 0 Å². The largest absolute Gasteiger partial charge is 0.467 e. The smallest absolute Gasteiger partial charge is 0.294 e. The number of hydrogen-bond donors (Lipinski definition) is 0. The summed E-state index contributed by atoms with van der Waals surface area (Å²) in [4.78, 5) is 23.2. The van der Waals surface area contributed by atoms with E-state index in [4.69, 9.17) is 8.83 Å². The SMILES string of the molecule is Cc1nccc(-c2cccc(N(Cc3ccco3)C(=O)c3ccco3)c2)n1. The predicted molar refractivity (Wildman–Crippen MR) is 100 cm³/mol. The molecule has 4 aromatic rings. The van der Waals surface area contributed by atoms with Crippen molar-refractivity contribution in [2.45, 2.75) is 13.5 Å². The van der Waals surface area contributed by atoms with Gasteiger partial charge in [-0.25, -0.2) is 9.97 Å². The number of nitrogens with zero attached hydrogens (tertiary/aromatic N) is 3. The van der Waals surface area contributed by atoms with Crippen LogP contribution in [0.15, 0.2) is 82.2 Å². The molecule has 0 bridgehead atoms. The first-order valence-electron chi connectivity index (χ1n) is 8.48. The van der Waals surface area contributed by atoms with Crippen molar-refractivity contribution in [2.75, 3.05) is 4.90 Å². The van der Waals surface area contributed by atoms with Gasteiger partial charge in [-0.05, 0) is 49.4 Å². The minimum absolute atomic E-state index is 0.243.